The third kappa shape index (κ3) is 5.52. The Hall–Kier alpha value is -3.50. The van der Waals surface area contributed by atoms with Crippen LogP contribution in [0.15, 0.2) is 36.4 Å². The normalized spacial score (nSPS) is 16.2. The molecule has 2 aliphatic rings. The first-order valence-corrected chi connectivity index (χ1v) is 11.4. The molecule has 0 unspecified atom stereocenters. The zero-order valence-corrected chi connectivity index (χ0v) is 19.1. The van der Waals surface area contributed by atoms with Crippen molar-refractivity contribution < 1.29 is 19.6 Å². The van der Waals surface area contributed by atoms with Crippen LogP contribution in [0.25, 0.3) is 0 Å². The molecule has 0 spiro atoms. The lowest BCUT2D eigenvalue weighted by Crippen LogP contribution is -2.47. The smallest absolute Gasteiger partial charge is 0.282 e. The highest BCUT2D eigenvalue weighted by Crippen LogP contribution is 2.28. The number of piperazine rings is 1. The number of rotatable bonds is 8. The van der Waals surface area contributed by atoms with Crippen molar-refractivity contribution in [2.75, 3.05) is 49.5 Å². The SMILES string of the molecule is Cc1ccc(C(=O)NC2CC2)cc1NC(=O)c1cc(N2CCN(CCO)CC2)ccc1[N+](=O)[O-]. The van der Waals surface area contributed by atoms with Crippen LogP contribution in [-0.2, 0) is 0 Å². The van der Waals surface area contributed by atoms with Gasteiger partial charge in [0.05, 0.1) is 11.5 Å². The van der Waals surface area contributed by atoms with Gasteiger partial charge in [0.25, 0.3) is 17.5 Å². The molecule has 0 atom stereocenters. The summed E-state index contributed by atoms with van der Waals surface area (Å²) in [6, 6.07) is 9.81. The van der Waals surface area contributed by atoms with E-state index in [1.54, 1.807) is 37.3 Å². The second-order valence-corrected chi connectivity index (χ2v) is 8.74. The van der Waals surface area contributed by atoms with Crippen molar-refractivity contribution in [3.8, 4) is 0 Å². The van der Waals surface area contributed by atoms with Crippen molar-refractivity contribution in [1.82, 2.24) is 10.2 Å². The number of hydrogen-bond donors (Lipinski definition) is 3. The minimum atomic E-state index is -0.602. The largest absolute Gasteiger partial charge is 0.395 e. The van der Waals surface area contributed by atoms with Crippen molar-refractivity contribution in [3.05, 3.63) is 63.2 Å². The third-order valence-electron chi connectivity index (χ3n) is 6.24. The highest BCUT2D eigenvalue weighted by Gasteiger charge is 2.26. The van der Waals surface area contributed by atoms with E-state index in [0.29, 0.717) is 30.9 Å². The summed E-state index contributed by atoms with van der Waals surface area (Å²) < 4.78 is 0. The number of aliphatic hydroxyl groups is 1. The molecule has 1 heterocycles. The molecule has 1 saturated carbocycles. The van der Waals surface area contributed by atoms with Gasteiger partial charge in [-0.25, -0.2) is 0 Å². The monoisotopic (exact) mass is 467 g/mol. The van der Waals surface area contributed by atoms with Crippen molar-refractivity contribution in [1.29, 1.82) is 0 Å². The predicted molar refractivity (Wildman–Crippen MR) is 128 cm³/mol. The van der Waals surface area contributed by atoms with E-state index in [9.17, 15) is 19.7 Å². The number of nitrogens with zero attached hydrogens (tertiary/aromatic N) is 3. The summed E-state index contributed by atoms with van der Waals surface area (Å²) in [5.74, 6) is -0.804. The molecular weight excluding hydrogens is 438 g/mol. The summed E-state index contributed by atoms with van der Waals surface area (Å²) in [4.78, 5) is 40.8. The Morgan fingerprint density at radius 2 is 1.82 bits per heavy atom. The Bertz CT molecular complexity index is 1090. The van der Waals surface area contributed by atoms with Crippen LogP contribution < -0.4 is 15.5 Å². The molecule has 4 rings (SSSR count). The predicted octanol–water partition coefficient (Wildman–Crippen LogP) is 2.16. The molecule has 0 bridgehead atoms. The van der Waals surface area contributed by atoms with Crippen LogP contribution in [0.5, 0.6) is 0 Å². The van der Waals surface area contributed by atoms with Crippen LogP contribution in [0.2, 0.25) is 0 Å². The fourth-order valence-electron chi connectivity index (χ4n) is 4.02. The second kappa shape index (κ2) is 10.2. The first-order valence-electron chi connectivity index (χ1n) is 11.4. The minimum Gasteiger partial charge on any atom is -0.395 e. The fraction of sp³-hybridized carbons (Fsp3) is 0.417. The van der Waals surface area contributed by atoms with Gasteiger partial charge in [0.2, 0.25) is 0 Å². The van der Waals surface area contributed by atoms with Crippen molar-refractivity contribution >= 4 is 28.9 Å². The Morgan fingerprint density at radius 1 is 1.09 bits per heavy atom. The molecule has 2 amide bonds. The van der Waals surface area contributed by atoms with Crippen LogP contribution in [0.1, 0.15) is 39.1 Å². The summed E-state index contributed by atoms with van der Waals surface area (Å²) in [6.07, 6.45) is 1.94. The number of nitro benzene ring substituents is 1. The number of carbonyl (C=O) groups is 2. The lowest BCUT2D eigenvalue weighted by Gasteiger charge is -2.35. The Kier molecular flexibility index (Phi) is 7.09. The summed E-state index contributed by atoms with van der Waals surface area (Å²) >= 11 is 0. The van der Waals surface area contributed by atoms with E-state index < -0.39 is 10.8 Å². The van der Waals surface area contributed by atoms with Gasteiger partial charge >= 0.3 is 0 Å². The van der Waals surface area contributed by atoms with Gasteiger partial charge in [0, 0.05) is 61.8 Å². The van der Waals surface area contributed by atoms with E-state index >= 15 is 0 Å². The molecule has 10 heteroatoms. The Balaban J connectivity index is 1.54. The zero-order chi connectivity index (χ0) is 24.2. The highest BCUT2D eigenvalue weighted by atomic mass is 16.6. The molecule has 2 aromatic rings. The maximum Gasteiger partial charge on any atom is 0.282 e. The number of hydrogen-bond acceptors (Lipinski definition) is 7. The van der Waals surface area contributed by atoms with Crippen LogP contribution in [-0.4, -0.2) is 72.1 Å². The van der Waals surface area contributed by atoms with Crippen molar-refractivity contribution in [2.24, 2.45) is 0 Å². The summed E-state index contributed by atoms with van der Waals surface area (Å²) in [5.41, 5.74) is 2.03. The third-order valence-corrected chi connectivity index (χ3v) is 6.24. The van der Waals surface area contributed by atoms with Crippen LogP contribution >= 0.6 is 0 Å². The Labute approximate surface area is 197 Å². The number of nitrogens with one attached hydrogen (secondary N) is 2. The van der Waals surface area contributed by atoms with Gasteiger partial charge in [0.1, 0.15) is 5.56 Å². The van der Waals surface area contributed by atoms with Gasteiger partial charge in [-0.3, -0.25) is 24.6 Å². The summed E-state index contributed by atoms with van der Waals surface area (Å²) in [7, 11) is 0. The number of benzene rings is 2. The first kappa shape index (κ1) is 23.7. The second-order valence-electron chi connectivity index (χ2n) is 8.74. The first-order chi connectivity index (χ1) is 16.4. The van der Waals surface area contributed by atoms with Crippen LogP contribution in [0.4, 0.5) is 17.1 Å². The molecule has 0 aromatic heterocycles. The number of anilines is 2. The van der Waals surface area contributed by atoms with Gasteiger partial charge in [-0.2, -0.15) is 0 Å². The van der Waals surface area contributed by atoms with Gasteiger partial charge in [0.15, 0.2) is 0 Å². The molecule has 2 fully saturated rings. The molecular formula is C24H29N5O5. The van der Waals surface area contributed by atoms with Crippen LogP contribution in [0.3, 0.4) is 0 Å². The molecule has 10 nitrogen and oxygen atoms in total. The molecule has 1 saturated heterocycles. The molecule has 3 N–H and O–H groups in total. The standard InChI is InChI=1S/C24H29N5O5/c1-16-2-3-17(23(31)25-18-4-5-18)14-21(16)26-24(32)20-15-19(6-7-22(20)29(33)34)28-10-8-27(9-11-28)12-13-30/h2-3,6-7,14-15,18,30H,4-5,8-13H2,1H3,(H,25,31)(H,26,32). The summed E-state index contributed by atoms with van der Waals surface area (Å²) in [5, 5.41) is 26.4. The van der Waals surface area contributed by atoms with Gasteiger partial charge in [-0.05, 0) is 49.6 Å². The van der Waals surface area contributed by atoms with E-state index in [-0.39, 0.29) is 29.8 Å². The zero-order valence-electron chi connectivity index (χ0n) is 19.1. The van der Waals surface area contributed by atoms with Gasteiger partial charge in [-0.1, -0.05) is 6.07 Å². The van der Waals surface area contributed by atoms with E-state index in [4.69, 9.17) is 5.11 Å². The minimum absolute atomic E-state index is 0.0347. The number of carbonyl (C=O) groups excluding carboxylic acids is 2. The molecule has 2 aromatic carbocycles. The van der Waals surface area contributed by atoms with E-state index in [1.165, 1.54) is 6.07 Å². The average molecular weight is 468 g/mol. The van der Waals surface area contributed by atoms with Crippen molar-refractivity contribution in [3.63, 3.8) is 0 Å². The van der Waals surface area contributed by atoms with E-state index in [1.807, 2.05) is 0 Å². The molecule has 180 valence electrons. The number of aliphatic hydroxyl groups excluding tert-OH is 1. The number of nitro groups is 1. The van der Waals surface area contributed by atoms with Gasteiger partial charge in [-0.15, -0.1) is 0 Å². The highest BCUT2D eigenvalue weighted by molar-refractivity contribution is 6.08. The molecule has 34 heavy (non-hydrogen) atoms. The Morgan fingerprint density at radius 3 is 2.47 bits per heavy atom. The maximum atomic E-state index is 13.2. The quantitative estimate of drug-likeness (QED) is 0.401. The fourth-order valence-corrected chi connectivity index (χ4v) is 4.02. The van der Waals surface area contributed by atoms with Gasteiger partial charge < -0.3 is 20.6 Å². The summed E-state index contributed by atoms with van der Waals surface area (Å²) in [6.45, 7) is 5.41. The number of aryl methyl sites for hydroxylation is 1. The van der Waals surface area contributed by atoms with Crippen molar-refractivity contribution in [2.45, 2.75) is 25.8 Å². The molecule has 1 aliphatic carbocycles. The topological polar surface area (TPSA) is 128 Å². The lowest BCUT2D eigenvalue weighted by molar-refractivity contribution is -0.385. The average Bonchev–Trinajstić information content (AvgIpc) is 3.64. The van der Waals surface area contributed by atoms with E-state index in [0.717, 1.165) is 37.2 Å². The lowest BCUT2D eigenvalue weighted by atomic mass is 10.1. The number of amides is 2. The molecule has 1 aliphatic heterocycles. The van der Waals surface area contributed by atoms with E-state index in [2.05, 4.69) is 20.4 Å². The maximum absolute atomic E-state index is 13.2. The van der Waals surface area contributed by atoms with Crippen LogP contribution in [0, 0.1) is 17.0 Å². The number of β-amino-alcohol motifs (C(OH)–C–C–N with tert-alkyl or cyclic N) is 1. The molecule has 0 radical (unpaired) electrons.